The zero-order chi connectivity index (χ0) is 24.6. The highest BCUT2D eigenvalue weighted by Crippen LogP contribution is 2.45. The van der Waals surface area contributed by atoms with E-state index in [2.05, 4.69) is 27.7 Å². The summed E-state index contributed by atoms with van der Waals surface area (Å²) in [5.41, 5.74) is -0.499. The molecule has 2 aromatic carbocycles. The predicted octanol–water partition coefficient (Wildman–Crippen LogP) is 8.14. The Kier molecular flexibility index (Phi) is 9.55. The van der Waals surface area contributed by atoms with E-state index in [4.69, 9.17) is 9.47 Å². The molecule has 186 valence electrons. The van der Waals surface area contributed by atoms with Crippen LogP contribution in [0.25, 0.3) is 10.8 Å². The fraction of sp³-hybridized carbons (Fsp3) is 0.600. The van der Waals surface area contributed by atoms with Crippen LogP contribution in [0.4, 0.5) is 0 Å². The number of ether oxygens (including phenoxy) is 2. The van der Waals surface area contributed by atoms with E-state index in [1.54, 1.807) is 0 Å². The minimum atomic E-state index is -1.20. The van der Waals surface area contributed by atoms with Crippen LogP contribution in [0.3, 0.4) is 0 Å². The highest BCUT2D eigenvalue weighted by atomic mass is 16.7. The lowest BCUT2D eigenvalue weighted by Gasteiger charge is -2.40. The van der Waals surface area contributed by atoms with E-state index < -0.39 is 23.6 Å². The second-order valence-corrected chi connectivity index (χ2v) is 10.1. The molecule has 2 unspecified atom stereocenters. The van der Waals surface area contributed by atoms with Crippen molar-refractivity contribution < 1.29 is 19.1 Å². The Hall–Kier alpha value is -2.36. The maximum atomic E-state index is 13.7. The Bertz CT molecular complexity index is 912. The number of carbonyl (C=O) groups excluding carboxylic acids is 2. The smallest absolute Gasteiger partial charge is 0.326 e. The molecule has 1 heterocycles. The molecule has 1 aliphatic heterocycles. The number of benzene rings is 2. The zero-order valence-corrected chi connectivity index (χ0v) is 21.5. The van der Waals surface area contributed by atoms with Crippen molar-refractivity contribution in [2.24, 2.45) is 17.3 Å². The first-order chi connectivity index (χ1) is 16.5. The van der Waals surface area contributed by atoms with Gasteiger partial charge in [0.1, 0.15) is 0 Å². The second-order valence-electron chi connectivity index (χ2n) is 10.1. The fourth-order valence-corrected chi connectivity index (χ4v) is 5.31. The van der Waals surface area contributed by atoms with Crippen LogP contribution in [0, 0.1) is 17.3 Å². The molecule has 4 nitrogen and oxygen atoms in total. The van der Waals surface area contributed by atoms with E-state index in [9.17, 15) is 9.59 Å². The van der Waals surface area contributed by atoms with E-state index in [1.807, 2.05) is 42.5 Å². The van der Waals surface area contributed by atoms with E-state index in [1.165, 1.54) is 0 Å². The number of cyclic esters (lactones) is 2. The molecule has 0 radical (unpaired) electrons. The van der Waals surface area contributed by atoms with Gasteiger partial charge in [-0.25, -0.2) is 0 Å². The molecule has 1 fully saturated rings. The lowest BCUT2D eigenvalue weighted by atomic mass is 9.70. The first-order valence-electron chi connectivity index (χ1n) is 13.4. The van der Waals surface area contributed by atoms with Crippen molar-refractivity contribution in [3.05, 3.63) is 48.0 Å². The van der Waals surface area contributed by atoms with Crippen LogP contribution in [0.5, 0.6) is 0 Å². The highest BCUT2D eigenvalue weighted by molar-refractivity contribution is 6.01. The molecule has 0 spiro atoms. The number of unbranched alkanes of at least 4 members (excludes halogenated alkanes) is 2. The second kappa shape index (κ2) is 12.4. The Balaban J connectivity index is 1.88. The van der Waals surface area contributed by atoms with Gasteiger partial charge >= 0.3 is 11.9 Å². The molecule has 3 rings (SSSR count). The Labute approximate surface area is 205 Å². The quantitative estimate of drug-likeness (QED) is 0.221. The van der Waals surface area contributed by atoms with Crippen molar-refractivity contribution in [2.45, 2.75) is 98.2 Å². The predicted molar refractivity (Wildman–Crippen MR) is 137 cm³/mol. The summed E-state index contributed by atoms with van der Waals surface area (Å²) in [6.07, 6.45) is 8.42. The molecule has 0 bridgehead atoms. The number of hydrogen-bond acceptors (Lipinski definition) is 4. The maximum absolute atomic E-state index is 13.7. The van der Waals surface area contributed by atoms with Gasteiger partial charge in [-0.2, -0.15) is 0 Å². The minimum Gasteiger partial charge on any atom is -0.420 e. The third-order valence-corrected chi connectivity index (χ3v) is 7.62. The SMILES string of the molecule is CCCCC(CC)CC1(CC(CC)CCCC)C(=O)OC(c2ccc3ccccc3c2)OC1=O. The van der Waals surface area contributed by atoms with Crippen molar-refractivity contribution in [1.29, 1.82) is 0 Å². The van der Waals surface area contributed by atoms with Crippen molar-refractivity contribution in [1.82, 2.24) is 0 Å². The lowest BCUT2D eigenvalue weighted by molar-refractivity contribution is -0.229. The molecule has 1 aliphatic rings. The molecule has 2 aromatic rings. The summed E-state index contributed by atoms with van der Waals surface area (Å²) in [5.74, 6) is -0.180. The molecule has 1 saturated heterocycles. The van der Waals surface area contributed by atoms with E-state index in [0.29, 0.717) is 30.2 Å². The molecule has 34 heavy (non-hydrogen) atoms. The molecule has 4 heteroatoms. The molecular formula is C30H42O4. The van der Waals surface area contributed by atoms with Gasteiger partial charge in [-0.05, 0) is 41.5 Å². The topological polar surface area (TPSA) is 52.6 Å². The van der Waals surface area contributed by atoms with Gasteiger partial charge in [-0.3, -0.25) is 9.59 Å². The van der Waals surface area contributed by atoms with Crippen LogP contribution < -0.4 is 0 Å². The fourth-order valence-electron chi connectivity index (χ4n) is 5.31. The van der Waals surface area contributed by atoms with Gasteiger partial charge in [0.25, 0.3) is 6.29 Å². The minimum absolute atomic E-state index is 0.306. The van der Waals surface area contributed by atoms with E-state index in [0.717, 1.165) is 62.1 Å². The Morgan fingerprint density at radius 2 is 1.29 bits per heavy atom. The average molecular weight is 467 g/mol. The third-order valence-electron chi connectivity index (χ3n) is 7.62. The largest absolute Gasteiger partial charge is 0.420 e. The number of rotatable bonds is 13. The van der Waals surface area contributed by atoms with Crippen molar-refractivity contribution in [2.75, 3.05) is 0 Å². The van der Waals surface area contributed by atoms with Crippen LogP contribution in [-0.4, -0.2) is 11.9 Å². The summed E-state index contributed by atoms with van der Waals surface area (Å²) in [4.78, 5) is 27.4. The summed E-state index contributed by atoms with van der Waals surface area (Å²) >= 11 is 0. The standard InChI is InChI=1S/C30H42O4/c1-5-9-13-22(7-3)20-30(21-23(8-4)14-10-6-2)28(31)33-27(34-29(30)32)26-18-17-24-15-11-12-16-25(24)19-26/h11-12,15-19,22-23,27H,5-10,13-14,20-21H2,1-4H3. The normalized spacial score (nSPS) is 22.3. The van der Waals surface area contributed by atoms with Gasteiger partial charge in [0.15, 0.2) is 5.41 Å². The maximum Gasteiger partial charge on any atom is 0.326 e. The van der Waals surface area contributed by atoms with Crippen LogP contribution >= 0.6 is 0 Å². The van der Waals surface area contributed by atoms with Gasteiger partial charge in [-0.15, -0.1) is 0 Å². The molecular weight excluding hydrogens is 424 g/mol. The summed E-state index contributed by atoms with van der Waals surface area (Å²) < 4.78 is 11.9. The number of fused-ring (bicyclic) bond motifs is 1. The van der Waals surface area contributed by atoms with Crippen LogP contribution in [0.2, 0.25) is 0 Å². The monoisotopic (exact) mass is 466 g/mol. The van der Waals surface area contributed by atoms with Crippen molar-refractivity contribution >= 4 is 22.7 Å². The summed E-state index contributed by atoms with van der Waals surface area (Å²) in [6.45, 7) is 8.66. The average Bonchev–Trinajstić information content (AvgIpc) is 2.86. The van der Waals surface area contributed by atoms with Crippen molar-refractivity contribution in [3.63, 3.8) is 0 Å². The van der Waals surface area contributed by atoms with E-state index in [-0.39, 0.29) is 0 Å². The van der Waals surface area contributed by atoms with Gasteiger partial charge in [0.2, 0.25) is 0 Å². The van der Waals surface area contributed by atoms with Gasteiger partial charge in [0, 0.05) is 5.56 Å². The Morgan fingerprint density at radius 1 is 0.765 bits per heavy atom. The number of hydrogen-bond donors (Lipinski definition) is 0. The Morgan fingerprint density at radius 3 is 1.79 bits per heavy atom. The van der Waals surface area contributed by atoms with Gasteiger partial charge in [-0.1, -0.05) is 115 Å². The highest BCUT2D eigenvalue weighted by Gasteiger charge is 2.55. The number of esters is 2. The van der Waals surface area contributed by atoms with Crippen LogP contribution in [0.1, 0.15) is 104 Å². The summed E-state index contributed by atoms with van der Waals surface area (Å²) in [7, 11) is 0. The summed E-state index contributed by atoms with van der Waals surface area (Å²) in [6, 6.07) is 13.8. The van der Waals surface area contributed by atoms with Crippen molar-refractivity contribution in [3.8, 4) is 0 Å². The molecule has 0 N–H and O–H groups in total. The molecule has 0 saturated carbocycles. The van der Waals surface area contributed by atoms with Crippen LogP contribution in [0.15, 0.2) is 42.5 Å². The number of carbonyl (C=O) groups is 2. The molecule has 0 aromatic heterocycles. The van der Waals surface area contributed by atoms with Gasteiger partial charge in [0.05, 0.1) is 0 Å². The summed E-state index contributed by atoms with van der Waals surface area (Å²) in [5, 5.41) is 2.12. The van der Waals surface area contributed by atoms with Crippen LogP contribution in [-0.2, 0) is 19.1 Å². The first-order valence-corrected chi connectivity index (χ1v) is 13.4. The lowest BCUT2D eigenvalue weighted by Crippen LogP contribution is -2.49. The molecule has 2 atom stereocenters. The van der Waals surface area contributed by atoms with Gasteiger partial charge < -0.3 is 9.47 Å². The third kappa shape index (κ3) is 6.00. The zero-order valence-electron chi connectivity index (χ0n) is 21.5. The first kappa shape index (κ1) is 26.2. The molecule has 0 amide bonds. The van der Waals surface area contributed by atoms with E-state index >= 15 is 0 Å². The molecule has 0 aliphatic carbocycles.